The van der Waals surface area contributed by atoms with E-state index in [2.05, 4.69) is 0 Å². The molecule has 0 aromatic carbocycles. The highest BCUT2D eigenvalue weighted by Crippen LogP contribution is 2.14. The van der Waals surface area contributed by atoms with Crippen LogP contribution in [-0.2, 0) is 24.2 Å². The van der Waals surface area contributed by atoms with Gasteiger partial charge in [-0.15, -0.1) is 0 Å². The molecule has 0 atom stereocenters. The van der Waals surface area contributed by atoms with Crippen LogP contribution in [0.15, 0.2) is 0 Å². The molecule has 7 heteroatoms. The quantitative estimate of drug-likeness (QED) is 0.674. The van der Waals surface area contributed by atoms with Gasteiger partial charge < -0.3 is 9.64 Å². The Morgan fingerprint density at radius 1 is 1.28 bits per heavy atom. The molecule has 0 aromatic rings. The molecule has 1 heterocycles. The van der Waals surface area contributed by atoms with E-state index >= 15 is 0 Å². The van der Waals surface area contributed by atoms with Gasteiger partial charge in [-0.1, -0.05) is 0 Å². The minimum Gasteiger partial charge on any atom is -0.462 e. The molecule has 18 heavy (non-hydrogen) atoms. The number of sulfone groups is 1. The van der Waals surface area contributed by atoms with Crippen LogP contribution >= 0.6 is 0 Å². The third-order valence-electron chi connectivity index (χ3n) is 2.81. The normalized spacial score (nSPS) is 17.6. The Morgan fingerprint density at radius 2 is 1.83 bits per heavy atom. The topological polar surface area (TPSA) is 80.8 Å². The average Bonchev–Trinajstić information content (AvgIpc) is 2.25. The van der Waals surface area contributed by atoms with Crippen molar-refractivity contribution in [2.45, 2.75) is 32.3 Å². The largest absolute Gasteiger partial charge is 0.462 e. The smallest absolute Gasteiger partial charge is 0.302 e. The summed E-state index contributed by atoms with van der Waals surface area (Å²) in [6, 6.07) is 0. The van der Waals surface area contributed by atoms with Crippen LogP contribution < -0.4 is 0 Å². The van der Waals surface area contributed by atoms with Crippen LogP contribution in [0.1, 0.15) is 26.2 Å². The molecular formula is C11H19NO5S. The molecule has 1 fully saturated rings. The van der Waals surface area contributed by atoms with Crippen LogP contribution in [0.4, 0.5) is 0 Å². The van der Waals surface area contributed by atoms with E-state index in [4.69, 9.17) is 4.74 Å². The van der Waals surface area contributed by atoms with Crippen molar-refractivity contribution < 1.29 is 22.7 Å². The van der Waals surface area contributed by atoms with Crippen LogP contribution in [0.2, 0.25) is 0 Å². The highest BCUT2D eigenvalue weighted by Gasteiger charge is 2.24. The van der Waals surface area contributed by atoms with Gasteiger partial charge in [-0.2, -0.15) is 0 Å². The standard InChI is InChI=1S/C11H19NO5S/c1-9(13)17-10-3-6-12(7-4-10)11(14)5-8-18(2,15)16/h10H,3-8H2,1-2H3. The number of likely N-dealkylation sites (tertiary alicyclic amines) is 1. The van der Waals surface area contributed by atoms with Gasteiger partial charge in [0.2, 0.25) is 5.91 Å². The third kappa shape index (κ3) is 5.48. The summed E-state index contributed by atoms with van der Waals surface area (Å²) in [6.07, 6.45) is 2.25. The van der Waals surface area contributed by atoms with Crippen LogP contribution in [0, 0.1) is 0 Å². The first kappa shape index (κ1) is 14.9. The Morgan fingerprint density at radius 3 is 2.28 bits per heavy atom. The van der Waals surface area contributed by atoms with E-state index < -0.39 is 9.84 Å². The molecule has 1 aliphatic rings. The monoisotopic (exact) mass is 277 g/mol. The van der Waals surface area contributed by atoms with E-state index in [0.29, 0.717) is 25.9 Å². The lowest BCUT2D eigenvalue weighted by molar-refractivity contribution is -0.149. The first-order valence-corrected chi connectivity index (χ1v) is 7.96. The number of nitrogens with zero attached hydrogens (tertiary/aromatic N) is 1. The van der Waals surface area contributed by atoms with E-state index in [1.807, 2.05) is 0 Å². The average molecular weight is 277 g/mol. The number of amides is 1. The maximum absolute atomic E-state index is 11.7. The molecule has 0 aromatic heterocycles. The lowest BCUT2D eigenvalue weighted by Crippen LogP contribution is -2.41. The molecule has 0 aliphatic carbocycles. The summed E-state index contributed by atoms with van der Waals surface area (Å²) in [5.41, 5.74) is 0. The number of ether oxygens (including phenoxy) is 1. The molecule has 0 bridgehead atoms. The van der Waals surface area contributed by atoms with Gasteiger partial charge in [0.15, 0.2) is 0 Å². The summed E-state index contributed by atoms with van der Waals surface area (Å²) < 4.78 is 27.0. The molecular weight excluding hydrogens is 258 g/mol. The van der Waals surface area contributed by atoms with E-state index in [1.54, 1.807) is 4.90 Å². The van der Waals surface area contributed by atoms with Crippen molar-refractivity contribution in [1.29, 1.82) is 0 Å². The first-order chi connectivity index (χ1) is 8.28. The lowest BCUT2D eigenvalue weighted by atomic mass is 10.1. The molecule has 0 unspecified atom stereocenters. The zero-order valence-corrected chi connectivity index (χ0v) is 11.5. The molecule has 0 spiro atoms. The van der Waals surface area contributed by atoms with E-state index in [0.717, 1.165) is 6.26 Å². The Hall–Kier alpha value is -1.11. The molecule has 0 N–H and O–H groups in total. The second-order valence-electron chi connectivity index (χ2n) is 4.57. The Kier molecular flexibility index (Phi) is 5.13. The lowest BCUT2D eigenvalue weighted by Gasteiger charge is -2.31. The molecule has 104 valence electrons. The number of carbonyl (C=O) groups excluding carboxylic acids is 2. The summed E-state index contributed by atoms with van der Waals surface area (Å²) >= 11 is 0. The minimum absolute atomic E-state index is 0.0249. The number of piperidine rings is 1. The fourth-order valence-corrected chi connectivity index (χ4v) is 2.43. The molecule has 6 nitrogen and oxygen atoms in total. The van der Waals surface area contributed by atoms with E-state index in [9.17, 15) is 18.0 Å². The molecule has 1 aliphatic heterocycles. The summed E-state index contributed by atoms with van der Waals surface area (Å²) in [5.74, 6) is -0.575. The maximum atomic E-state index is 11.7. The van der Waals surface area contributed by atoms with Crippen molar-refractivity contribution in [3.63, 3.8) is 0 Å². The van der Waals surface area contributed by atoms with Gasteiger partial charge in [0.25, 0.3) is 0 Å². The van der Waals surface area contributed by atoms with Gasteiger partial charge in [-0.25, -0.2) is 8.42 Å². The van der Waals surface area contributed by atoms with E-state index in [1.165, 1.54) is 6.92 Å². The Balaban J connectivity index is 2.34. The van der Waals surface area contributed by atoms with Crippen LogP contribution in [0.25, 0.3) is 0 Å². The molecule has 1 saturated heterocycles. The fourth-order valence-electron chi connectivity index (χ4n) is 1.89. The fraction of sp³-hybridized carbons (Fsp3) is 0.818. The maximum Gasteiger partial charge on any atom is 0.302 e. The highest BCUT2D eigenvalue weighted by molar-refractivity contribution is 7.90. The molecule has 0 radical (unpaired) electrons. The zero-order valence-electron chi connectivity index (χ0n) is 10.7. The van der Waals surface area contributed by atoms with Crippen molar-refractivity contribution >= 4 is 21.7 Å². The van der Waals surface area contributed by atoms with Crippen LogP contribution in [0.5, 0.6) is 0 Å². The second kappa shape index (κ2) is 6.17. The van der Waals surface area contributed by atoms with Gasteiger partial charge in [0.05, 0.1) is 5.75 Å². The van der Waals surface area contributed by atoms with Gasteiger partial charge in [-0.3, -0.25) is 9.59 Å². The number of rotatable bonds is 4. The Labute approximate surface area is 107 Å². The Bertz CT molecular complexity index is 409. The SMILES string of the molecule is CC(=O)OC1CCN(C(=O)CCS(C)(=O)=O)CC1. The second-order valence-corrected chi connectivity index (χ2v) is 6.83. The van der Waals surface area contributed by atoms with Gasteiger partial charge in [-0.05, 0) is 0 Å². The predicted octanol–water partition coefficient (Wildman–Crippen LogP) is -0.0248. The summed E-state index contributed by atoms with van der Waals surface area (Å²) in [5, 5.41) is 0. The van der Waals surface area contributed by atoms with Gasteiger partial charge in [0.1, 0.15) is 15.9 Å². The number of carbonyl (C=O) groups is 2. The van der Waals surface area contributed by atoms with Gasteiger partial charge >= 0.3 is 5.97 Å². The van der Waals surface area contributed by atoms with Gasteiger partial charge in [0, 0.05) is 45.5 Å². The number of hydrogen-bond acceptors (Lipinski definition) is 5. The van der Waals surface area contributed by atoms with Crippen LogP contribution in [-0.4, -0.2) is 56.4 Å². The predicted molar refractivity (Wildman–Crippen MR) is 65.7 cm³/mol. The van der Waals surface area contributed by atoms with Crippen molar-refractivity contribution in [1.82, 2.24) is 4.90 Å². The third-order valence-corrected chi connectivity index (χ3v) is 3.76. The summed E-state index contributed by atoms with van der Waals surface area (Å²) in [7, 11) is -3.10. The van der Waals surface area contributed by atoms with E-state index in [-0.39, 0.29) is 30.2 Å². The molecule has 0 saturated carbocycles. The first-order valence-electron chi connectivity index (χ1n) is 5.90. The minimum atomic E-state index is -3.10. The number of hydrogen-bond donors (Lipinski definition) is 0. The highest BCUT2D eigenvalue weighted by atomic mass is 32.2. The van der Waals surface area contributed by atoms with Crippen molar-refractivity contribution in [3.05, 3.63) is 0 Å². The summed E-state index contributed by atoms with van der Waals surface area (Å²) in [6.45, 7) is 2.39. The van der Waals surface area contributed by atoms with Crippen molar-refractivity contribution in [3.8, 4) is 0 Å². The zero-order chi connectivity index (χ0) is 13.8. The molecule has 1 amide bonds. The van der Waals surface area contributed by atoms with Crippen LogP contribution in [0.3, 0.4) is 0 Å². The number of esters is 1. The van der Waals surface area contributed by atoms with Crippen molar-refractivity contribution in [2.75, 3.05) is 25.1 Å². The van der Waals surface area contributed by atoms with Crippen molar-refractivity contribution in [2.24, 2.45) is 0 Å². The summed E-state index contributed by atoms with van der Waals surface area (Å²) in [4.78, 5) is 24.1. The molecule has 1 rings (SSSR count).